The molecule has 148 valence electrons. The molecule has 3 aromatic rings. The second kappa shape index (κ2) is 6.69. The van der Waals surface area contributed by atoms with Crippen molar-refractivity contribution >= 4 is 17.4 Å². The van der Waals surface area contributed by atoms with Gasteiger partial charge in [-0.2, -0.15) is 4.98 Å². The van der Waals surface area contributed by atoms with Gasteiger partial charge in [-0.3, -0.25) is 9.36 Å². The Morgan fingerprint density at radius 3 is 2.76 bits per heavy atom. The highest BCUT2D eigenvalue weighted by molar-refractivity contribution is 6.07. The van der Waals surface area contributed by atoms with Crippen molar-refractivity contribution in [2.45, 2.75) is 38.1 Å². The van der Waals surface area contributed by atoms with Gasteiger partial charge in [0.25, 0.3) is 5.91 Å². The molecule has 0 radical (unpaired) electrons. The van der Waals surface area contributed by atoms with Gasteiger partial charge in [0, 0.05) is 31.5 Å². The van der Waals surface area contributed by atoms with Crippen LogP contribution in [0.1, 0.15) is 32.6 Å². The number of imidazole rings is 1. The number of rotatable bonds is 3. The molecule has 7 nitrogen and oxygen atoms in total. The van der Waals surface area contributed by atoms with Gasteiger partial charge in [0.05, 0.1) is 6.20 Å². The summed E-state index contributed by atoms with van der Waals surface area (Å²) in [6, 6.07) is 10.0. The van der Waals surface area contributed by atoms with Crippen LogP contribution in [0.5, 0.6) is 0 Å². The molecule has 0 aliphatic carbocycles. The lowest BCUT2D eigenvalue weighted by Crippen LogP contribution is -2.64. The Balaban J connectivity index is 1.65. The van der Waals surface area contributed by atoms with Crippen molar-refractivity contribution in [2.75, 3.05) is 23.4 Å². The molecule has 7 heteroatoms. The summed E-state index contributed by atoms with van der Waals surface area (Å²) in [6.45, 7) is 2.94. The number of aromatic nitrogens is 4. The van der Waals surface area contributed by atoms with Gasteiger partial charge < -0.3 is 9.80 Å². The molecule has 0 bridgehead atoms. The summed E-state index contributed by atoms with van der Waals surface area (Å²) in [4.78, 5) is 31.2. The van der Waals surface area contributed by atoms with Crippen LogP contribution >= 0.6 is 0 Å². The van der Waals surface area contributed by atoms with Crippen molar-refractivity contribution in [3.63, 3.8) is 0 Å². The molecule has 1 aromatic carbocycles. The first kappa shape index (κ1) is 17.8. The van der Waals surface area contributed by atoms with Crippen LogP contribution in [0.2, 0.25) is 0 Å². The number of carbonyl (C=O) groups excluding carboxylic acids is 1. The van der Waals surface area contributed by atoms with Gasteiger partial charge >= 0.3 is 0 Å². The Hall–Kier alpha value is -3.22. The van der Waals surface area contributed by atoms with Crippen LogP contribution in [0.25, 0.3) is 17.3 Å². The van der Waals surface area contributed by atoms with E-state index in [0.29, 0.717) is 5.95 Å². The van der Waals surface area contributed by atoms with Crippen molar-refractivity contribution < 1.29 is 4.79 Å². The van der Waals surface area contributed by atoms with E-state index in [-0.39, 0.29) is 5.91 Å². The Kier molecular flexibility index (Phi) is 4.12. The Bertz CT molecular complexity index is 1060. The summed E-state index contributed by atoms with van der Waals surface area (Å²) in [5.74, 6) is 2.35. The Morgan fingerprint density at radius 1 is 1.14 bits per heavy atom. The van der Waals surface area contributed by atoms with Crippen LogP contribution in [0.15, 0.2) is 48.9 Å². The van der Waals surface area contributed by atoms with Gasteiger partial charge in [0.1, 0.15) is 17.1 Å². The standard InChI is InChI=1S/C22H24N6O/c1-3-22-11-7-8-13-28(22)19-17(26(2)20(22)29)15-24-21(25-19)27-14-12-23-18(27)16-9-5-4-6-10-16/h4-6,9-10,12,14-15H,3,7-8,11,13H2,1-2H3. The van der Waals surface area contributed by atoms with Crippen molar-refractivity contribution in [1.29, 1.82) is 0 Å². The van der Waals surface area contributed by atoms with Crippen molar-refractivity contribution in [3.8, 4) is 17.3 Å². The molecular formula is C22H24N6O. The Labute approximate surface area is 170 Å². The highest BCUT2D eigenvalue weighted by Gasteiger charge is 2.51. The van der Waals surface area contributed by atoms with E-state index in [2.05, 4.69) is 21.8 Å². The molecule has 2 aliphatic heterocycles. The maximum absolute atomic E-state index is 13.2. The summed E-state index contributed by atoms with van der Waals surface area (Å²) in [5.41, 5.74) is 1.28. The van der Waals surface area contributed by atoms with Gasteiger partial charge in [-0.05, 0) is 25.7 Å². The van der Waals surface area contributed by atoms with Crippen LogP contribution in [-0.2, 0) is 4.79 Å². The fraction of sp³-hybridized carbons (Fsp3) is 0.364. The second-order valence-electron chi connectivity index (χ2n) is 7.72. The van der Waals surface area contributed by atoms with Crippen LogP contribution in [0.3, 0.4) is 0 Å². The third-order valence-electron chi connectivity index (χ3n) is 6.27. The minimum atomic E-state index is -0.497. The van der Waals surface area contributed by atoms with Crippen LogP contribution in [0, 0.1) is 0 Å². The minimum Gasteiger partial charge on any atom is -0.340 e. The molecule has 1 atom stereocenters. The molecule has 1 fully saturated rings. The molecule has 1 saturated heterocycles. The lowest BCUT2D eigenvalue weighted by Gasteiger charge is -2.51. The maximum atomic E-state index is 13.2. The zero-order chi connectivity index (χ0) is 20.0. The smallest absolute Gasteiger partial charge is 0.252 e. The van der Waals surface area contributed by atoms with Gasteiger partial charge in [-0.15, -0.1) is 0 Å². The minimum absolute atomic E-state index is 0.149. The fourth-order valence-electron chi connectivity index (χ4n) is 4.68. The van der Waals surface area contributed by atoms with Gasteiger partial charge in [0.15, 0.2) is 5.82 Å². The maximum Gasteiger partial charge on any atom is 0.252 e. The van der Waals surface area contributed by atoms with E-state index in [1.807, 2.05) is 48.1 Å². The number of likely N-dealkylation sites (N-methyl/N-ethyl adjacent to an activating group) is 1. The van der Waals surface area contributed by atoms with Crippen LogP contribution in [0.4, 0.5) is 11.5 Å². The molecule has 29 heavy (non-hydrogen) atoms. The van der Waals surface area contributed by atoms with Crippen LogP contribution in [-0.4, -0.2) is 44.6 Å². The molecule has 1 unspecified atom stereocenters. The normalized spacial score (nSPS) is 21.1. The van der Waals surface area contributed by atoms with Crippen LogP contribution < -0.4 is 9.80 Å². The lowest BCUT2D eigenvalue weighted by molar-refractivity contribution is -0.124. The average Bonchev–Trinajstić information content (AvgIpc) is 3.27. The number of amides is 1. The molecule has 2 aliphatic rings. The van der Waals surface area contributed by atoms with E-state index in [0.717, 1.165) is 55.1 Å². The van der Waals surface area contributed by atoms with Crippen molar-refractivity contribution in [3.05, 3.63) is 48.9 Å². The third-order valence-corrected chi connectivity index (χ3v) is 6.27. The first-order valence-corrected chi connectivity index (χ1v) is 10.2. The first-order valence-electron chi connectivity index (χ1n) is 10.2. The zero-order valence-electron chi connectivity index (χ0n) is 16.7. The topological polar surface area (TPSA) is 67.2 Å². The first-order chi connectivity index (χ1) is 14.2. The predicted octanol–water partition coefficient (Wildman–Crippen LogP) is 3.44. The molecule has 5 rings (SSSR count). The van der Waals surface area contributed by atoms with E-state index in [1.54, 1.807) is 17.3 Å². The largest absolute Gasteiger partial charge is 0.340 e. The number of benzene rings is 1. The van der Waals surface area contributed by atoms with Gasteiger partial charge in [-0.1, -0.05) is 37.3 Å². The van der Waals surface area contributed by atoms with E-state index in [1.165, 1.54) is 0 Å². The summed E-state index contributed by atoms with van der Waals surface area (Å²) < 4.78 is 1.91. The molecule has 0 saturated carbocycles. The molecule has 4 heterocycles. The van der Waals surface area contributed by atoms with E-state index in [9.17, 15) is 4.79 Å². The number of anilines is 2. The molecule has 1 amide bonds. The average molecular weight is 388 g/mol. The highest BCUT2D eigenvalue weighted by Crippen LogP contribution is 2.44. The number of hydrogen-bond acceptors (Lipinski definition) is 5. The fourth-order valence-corrected chi connectivity index (χ4v) is 4.68. The number of carbonyl (C=O) groups is 1. The summed E-state index contributed by atoms with van der Waals surface area (Å²) in [7, 11) is 1.83. The Morgan fingerprint density at radius 2 is 1.97 bits per heavy atom. The van der Waals surface area contributed by atoms with E-state index >= 15 is 0 Å². The van der Waals surface area contributed by atoms with Crippen molar-refractivity contribution in [1.82, 2.24) is 19.5 Å². The zero-order valence-corrected chi connectivity index (χ0v) is 16.7. The SMILES string of the molecule is CCC12CCCCN1c1nc(-n3ccnc3-c3ccccc3)ncc1N(C)C2=O. The molecule has 0 N–H and O–H groups in total. The van der Waals surface area contributed by atoms with Crippen molar-refractivity contribution in [2.24, 2.45) is 0 Å². The second-order valence-corrected chi connectivity index (χ2v) is 7.72. The van der Waals surface area contributed by atoms with Gasteiger partial charge in [0.2, 0.25) is 5.95 Å². The summed E-state index contributed by atoms with van der Waals surface area (Å²) in [6.07, 6.45) is 9.18. The highest BCUT2D eigenvalue weighted by atomic mass is 16.2. The number of piperidine rings is 1. The monoisotopic (exact) mass is 388 g/mol. The number of nitrogens with zero attached hydrogens (tertiary/aromatic N) is 6. The lowest BCUT2D eigenvalue weighted by atomic mass is 9.81. The number of hydrogen-bond donors (Lipinski definition) is 0. The molecule has 2 aromatic heterocycles. The summed E-state index contributed by atoms with van der Waals surface area (Å²) in [5, 5.41) is 0. The predicted molar refractivity (Wildman–Crippen MR) is 112 cm³/mol. The molecule has 0 spiro atoms. The van der Waals surface area contributed by atoms with Gasteiger partial charge in [-0.25, -0.2) is 9.97 Å². The number of fused-ring (bicyclic) bond motifs is 3. The van der Waals surface area contributed by atoms with E-state index in [4.69, 9.17) is 4.98 Å². The summed E-state index contributed by atoms with van der Waals surface area (Å²) >= 11 is 0. The third kappa shape index (κ3) is 2.57. The van der Waals surface area contributed by atoms with E-state index < -0.39 is 5.54 Å². The molecular weight excluding hydrogens is 364 g/mol. The quantitative estimate of drug-likeness (QED) is 0.688.